The lowest BCUT2D eigenvalue weighted by molar-refractivity contribution is 0.104. The molecule has 3 nitrogen and oxygen atoms in total. The number of carbonyl (C=O) groups is 1. The van der Waals surface area contributed by atoms with E-state index in [2.05, 4.69) is 0 Å². The molecule has 0 unspecified atom stereocenters. The zero-order valence-electron chi connectivity index (χ0n) is 11.5. The fraction of sp³-hybridized carbons (Fsp3) is 0.118. The lowest BCUT2D eigenvalue weighted by Crippen LogP contribution is -1.95. The van der Waals surface area contributed by atoms with Gasteiger partial charge in [-0.05, 0) is 30.7 Å². The quantitative estimate of drug-likeness (QED) is 0.680. The summed E-state index contributed by atoms with van der Waals surface area (Å²) >= 11 is 0. The third kappa shape index (κ3) is 3.26. The number of rotatable bonds is 4. The molecular weight excluding hydrogens is 252 g/mol. The van der Waals surface area contributed by atoms with Gasteiger partial charge in [-0.25, -0.2) is 0 Å². The highest BCUT2D eigenvalue weighted by molar-refractivity contribution is 6.08. The van der Waals surface area contributed by atoms with Crippen molar-refractivity contribution in [2.75, 3.05) is 7.11 Å². The van der Waals surface area contributed by atoms with Crippen molar-refractivity contribution in [1.29, 1.82) is 0 Å². The Kier molecular flexibility index (Phi) is 4.20. The van der Waals surface area contributed by atoms with E-state index in [0.717, 1.165) is 5.56 Å². The number of hydrogen-bond donors (Lipinski definition) is 1. The van der Waals surface area contributed by atoms with Crippen LogP contribution in [0.15, 0.2) is 48.5 Å². The average molecular weight is 268 g/mol. The first-order valence-electron chi connectivity index (χ1n) is 6.26. The summed E-state index contributed by atoms with van der Waals surface area (Å²) in [6, 6.07) is 12.5. The van der Waals surface area contributed by atoms with E-state index in [1.165, 1.54) is 24.8 Å². The molecule has 2 aromatic carbocycles. The molecule has 0 heterocycles. The second kappa shape index (κ2) is 6.06. The predicted molar refractivity (Wildman–Crippen MR) is 79.2 cm³/mol. The van der Waals surface area contributed by atoms with Crippen LogP contribution in [0.1, 0.15) is 21.5 Å². The molecule has 2 aromatic rings. The Balaban J connectivity index is 2.17. The van der Waals surface area contributed by atoms with Crippen LogP contribution >= 0.6 is 0 Å². The molecule has 1 N–H and O–H groups in total. The van der Waals surface area contributed by atoms with Gasteiger partial charge in [0.1, 0.15) is 11.5 Å². The molecule has 0 saturated carbocycles. The van der Waals surface area contributed by atoms with Crippen LogP contribution in [0, 0.1) is 6.92 Å². The Morgan fingerprint density at radius 3 is 2.45 bits per heavy atom. The van der Waals surface area contributed by atoms with Gasteiger partial charge in [0.2, 0.25) is 0 Å². The highest BCUT2D eigenvalue weighted by Gasteiger charge is 2.09. The Hall–Kier alpha value is -2.55. The van der Waals surface area contributed by atoms with Gasteiger partial charge in [0, 0.05) is 6.07 Å². The second-order valence-corrected chi connectivity index (χ2v) is 4.49. The number of aromatic hydroxyl groups is 1. The summed E-state index contributed by atoms with van der Waals surface area (Å²) in [4.78, 5) is 12.0. The van der Waals surface area contributed by atoms with Gasteiger partial charge in [0.05, 0.1) is 12.7 Å². The van der Waals surface area contributed by atoms with Crippen molar-refractivity contribution in [2.24, 2.45) is 0 Å². The van der Waals surface area contributed by atoms with Crippen molar-refractivity contribution in [3.05, 3.63) is 65.2 Å². The number of hydrogen-bond acceptors (Lipinski definition) is 3. The van der Waals surface area contributed by atoms with Crippen molar-refractivity contribution in [2.45, 2.75) is 6.92 Å². The minimum atomic E-state index is -0.245. The maximum absolute atomic E-state index is 12.0. The molecule has 0 radical (unpaired) electrons. The molecule has 102 valence electrons. The van der Waals surface area contributed by atoms with Crippen LogP contribution in [0.25, 0.3) is 6.08 Å². The summed E-state index contributed by atoms with van der Waals surface area (Å²) in [6.07, 6.45) is 3.18. The number of allylic oxidation sites excluding steroid dienone is 1. The van der Waals surface area contributed by atoms with E-state index in [1.807, 2.05) is 31.2 Å². The molecule has 0 aliphatic rings. The maximum Gasteiger partial charge on any atom is 0.189 e. The van der Waals surface area contributed by atoms with Gasteiger partial charge in [-0.15, -0.1) is 0 Å². The van der Waals surface area contributed by atoms with E-state index >= 15 is 0 Å². The van der Waals surface area contributed by atoms with Crippen LogP contribution in [0.2, 0.25) is 0 Å². The third-order valence-corrected chi connectivity index (χ3v) is 2.97. The summed E-state index contributed by atoms with van der Waals surface area (Å²) in [5.74, 6) is 0.190. The van der Waals surface area contributed by atoms with Crippen LogP contribution in [0.3, 0.4) is 0 Å². The van der Waals surface area contributed by atoms with E-state index < -0.39 is 0 Å². The van der Waals surface area contributed by atoms with Crippen LogP contribution in [0.4, 0.5) is 0 Å². The van der Waals surface area contributed by atoms with Crippen LogP contribution in [0.5, 0.6) is 11.5 Å². The SMILES string of the molecule is COc1ccc(C(=O)/C=C/c2ccc(C)cc2)c(O)c1. The number of ether oxygens (including phenoxy) is 1. The fourth-order valence-corrected chi connectivity index (χ4v) is 1.79. The standard InChI is InChI=1S/C17H16O3/c1-12-3-5-13(6-4-12)7-10-16(18)15-9-8-14(20-2)11-17(15)19/h3-11,19H,1-2H3/b10-7+. The van der Waals surface area contributed by atoms with Gasteiger partial charge in [0.15, 0.2) is 5.78 Å². The number of aryl methyl sites for hydroxylation is 1. The summed E-state index contributed by atoms with van der Waals surface area (Å²) in [5.41, 5.74) is 2.37. The predicted octanol–water partition coefficient (Wildman–Crippen LogP) is 3.61. The summed E-state index contributed by atoms with van der Waals surface area (Å²) < 4.78 is 4.98. The van der Waals surface area contributed by atoms with Crippen molar-refractivity contribution in [3.8, 4) is 11.5 Å². The molecule has 0 atom stereocenters. The molecule has 0 saturated heterocycles. The number of ketones is 1. The van der Waals surface area contributed by atoms with Gasteiger partial charge in [0.25, 0.3) is 0 Å². The number of carbonyl (C=O) groups excluding carboxylic acids is 1. The number of methoxy groups -OCH3 is 1. The first kappa shape index (κ1) is 13.9. The Morgan fingerprint density at radius 1 is 1.15 bits per heavy atom. The van der Waals surface area contributed by atoms with Gasteiger partial charge in [-0.2, -0.15) is 0 Å². The summed E-state index contributed by atoms with van der Waals surface area (Å²) in [5, 5.41) is 9.79. The number of benzene rings is 2. The van der Waals surface area contributed by atoms with Gasteiger partial charge < -0.3 is 9.84 Å². The lowest BCUT2D eigenvalue weighted by atomic mass is 10.1. The second-order valence-electron chi connectivity index (χ2n) is 4.49. The molecule has 3 heteroatoms. The third-order valence-electron chi connectivity index (χ3n) is 2.97. The summed E-state index contributed by atoms with van der Waals surface area (Å²) in [6.45, 7) is 2.01. The maximum atomic E-state index is 12.0. The average Bonchev–Trinajstić information content (AvgIpc) is 2.46. The molecule has 0 amide bonds. The van der Waals surface area contributed by atoms with Crippen LogP contribution in [-0.2, 0) is 0 Å². The first-order valence-corrected chi connectivity index (χ1v) is 6.26. The molecule has 0 aliphatic heterocycles. The minimum Gasteiger partial charge on any atom is -0.507 e. The van der Waals surface area contributed by atoms with Crippen LogP contribution in [-0.4, -0.2) is 18.0 Å². The lowest BCUT2D eigenvalue weighted by Gasteiger charge is -2.03. The molecule has 0 spiro atoms. The first-order chi connectivity index (χ1) is 9.60. The van der Waals surface area contributed by atoms with Gasteiger partial charge in [-0.1, -0.05) is 35.9 Å². The van der Waals surface area contributed by atoms with E-state index in [4.69, 9.17) is 4.74 Å². The number of phenolic OH excluding ortho intramolecular Hbond substituents is 1. The smallest absolute Gasteiger partial charge is 0.189 e. The zero-order valence-corrected chi connectivity index (χ0v) is 11.5. The van der Waals surface area contributed by atoms with Crippen LogP contribution < -0.4 is 4.74 Å². The van der Waals surface area contributed by atoms with E-state index in [0.29, 0.717) is 5.75 Å². The number of phenols is 1. The van der Waals surface area contributed by atoms with E-state index in [9.17, 15) is 9.90 Å². The molecular formula is C17H16O3. The molecule has 0 aromatic heterocycles. The van der Waals surface area contributed by atoms with Crippen molar-refractivity contribution in [3.63, 3.8) is 0 Å². The molecule has 0 aliphatic carbocycles. The van der Waals surface area contributed by atoms with Gasteiger partial charge in [-0.3, -0.25) is 4.79 Å². The van der Waals surface area contributed by atoms with Crippen molar-refractivity contribution < 1.29 is 14.6 Å². The van der Waals surface area contributed by atoms with E-state index in [-0.39, 0.29) is 17.1 Å². The largest absolute Gasteiger partial charge is 0.507 e. The monoisotopic (exact) mass is 268 g/mol. The summed E-state index contributed by atoms with van der Waals surface area (Å²) in [7, 11) is 1.51. The Bertz CT molecular complexity index is 640. The minimum absolute atomic E-state index is 0.0806. The van der Waals surface area contributed by atoms with Crippen molar-refractivity contribution >= 4 is 11.9 Å². The molecule has 0 bridgehead atoms. The fourth-order valence-electron chi connectivity index (χ4n) is 1.79. The topological polar surface area (TPSA) is 46.5 Å². The Morgan fingerprint density at radius 2 is 1.85 bits per heavy atom. The molecule has 0 fully saturated rings. The molecule has 2 rings (SSSR count). The highest BCUT2D eigenvalue weighted by atomic mass is 16.5. The van der Waals surface area contributed by atoms with Crippen molar-refractivity contribution in [1.82, 2.24) is 0 Å². The zero-order chi connectivity index (χ0) is 14.5. The highest BCUT2D eigenvalue weighted by Crippen LogP contribution is 2.24. The van der Waals surface area contributed by atoms with E-state index in [1.54, 1.807) is 18.2 Å². The normalized spacial score (nSPS) is 10.7. The molecule has 20 heavy (non-hydrogen) atoms. The van der Waals surface area contributed by atoms with Gasteiger partial charge >= 0.3 is 0 Å². The Labute approximate surface area is 118 Å².